The molecule has 4 nitrogen and oxygen atoms in total. The molecule has 4 rings (SSSR count). The molecule has 0 radical (unpaired) electrons. The number of hydrogen-bond acceptors (Lipinski definition) is 4. The summed E-state index contributed by atoms with van der Waals surface area (Å²) in [6.45, 7) is 0. The number of nitrogens with zero attached hydrogens (tertiary/aromatic N) is 2. The molecule has 0 saturated carbocycles. The van der Waals surface area contributed by atoms with Crippen molar-refractivity contribution in [2.24, 2.45) is 5.10 Å². The summed E-state index contributed by atoms with van der Waals surface area (Å²) in [5, 5.41) is 5.33. The molecule has 152 valence electrons. The van der Waals surface area contributed by atoms with Gasteiger partial charge < -0.3 is 4.74 Å². The molecule has 0 N–H and O–H groups in total. The van der Waals surface area contributed by atoms with Crippen LogP contribution in [0.25, 0.3) is 0 Å². The maximum Gasteiger partial charge on any atom is 0.278 e. The first kappa shape index (κ1) is 20.0. The van der Waals surface area contributed by atoms with Gasteiger partial charge in [0, 0.05) is 17.2 Å². The number of ether oxygens (including phenoxy) is 1. The summed E-state index contributed by atoms with van der Waals surface area (Å²) in [5.41, 5.74) is 0.957. The van der Waals surface area contributed by atoms with E-state index in [2.05, 4.69) is 5.10 Å². The van der Waals surface area contributed by atoms with Crippen LogP contribution < -0.4 is 4.74 Å². The minimum Gasteiger partial charge on any atom is -0.496 e. The summed E-state index contributed by atoms with van der Waals surface area (Å²) >= 11 is 1.25. The average Bonchev–Trinajstić information content (AvgIpc) is 3.19. The van der Waals surface area contributed by atoms with Crippen molar-refractivity contribution in [1.82, 2.24) is 5.01 Å². The van der Waals surface area contributed by atoms with Crippen molar-refractivity contribution in [3.63, 3.8) is 0 Å². The molecule has 1 amide bonds. The lowest BCUT2D eigenvalue weighted by Gasteiger charge is -2.22. The number of carbonyl (C=O) groups excluding carboxylic acids is 1. The van der Waals surface area contributed by atoms with Crippen molar-refractivity contribution in [3.05, 3.63) is 101 Å². The Labute approximate surface area is 175 Å². The van der Waals surface area contributed by atoms with Crippen LogP contribution in [0.15, 0.2) is 71.8 Å². The lowest BCUT2D eigenvalue weighted by Crippen LogP contribution is -2.27. The van der Waals surface area contributed by atoms with E-state index in [9.17, 15) is 18.0 Å². The molecule has 1 aliphatic heterocycles. The summed E-state index contributed by atoms with van der Waals surface area (Å²) < 4.78 is 46.3. The van der Waals surface area contributed by atoms with Gasteiger partial charge in [0.15, 0.2) is 0 Å². The molecule has 3 aromatic rings. The maximum atomic E-state index is 14.3. The normalized spacial score (nSPS) is 15.8. The second-order valence-electron chi connectivity index (χ2n) is 6.40. The Hall–Kier alpha value is -3.26. The summed E-state index contributed by atoms with van der Waals surface area (Å²) in [4.78, 5) is 13.1. The van der Waals surface area contributed by atoms with E-state index < -0.39 is 28.7 Å². The van der Waals surface area contributed by atoms with Gasteiger partial charge in [-0.05, 0) is 42.5 Å². The number of para-hydroxylation sites is 1. The van der Waals surface area contributed by atoms with Crippen LogP contribution in [0.3, 0.4) is 0 Å². The highest BCUT2D eigenvalue weighted by molar-refractivity contribution is 8.14. The van der Waals surface area contributed by atoms with Crippen LogP contribution in [0.2, 0.25) is 0 Å². The van der Waals surface area contributed by atoms with E-state index in [1.807, 2.05) is 0 Å². The molecule has 3 aromatic carbocycles. The fraction of sp³-hybridized carbons (Fsp3) is 0.0909. The Morgan fingerprint density at radius 3 is 2.40 bits per heavy atom. The SMILES string of the molecule is COc1ccccc1C1SC(c2ccc(F)cc2)=NN1C(=O)c1ccc(F)cc1F. The number of rotatable bonds is 4. The smallest absolute Gasteiger partial charge is 0.278 e. The third kappa shape index (κ3) is 3.78. The number of carbonyl (C=O) groups is 1. The average molecular weight is 428 g/mol. The highest BCUT2D eigenvalue weighted by atomic mass is 32.2. The van der Waals surface area contributed by atoms with E-state index in [4.69, 9.17) is 4.74 Å². The molecule has 30 heavy (non-hydrogen) atoms. The lowest BCUT2D eigenvalue weighted by molar-refractivity contribution is 0.0743. The molecule has 1 unspecified atom stereocenters. The van der Waals surface area contributed by atoms with Gasteiger partial charge in [-0.3, -0.25) is 4.79 Å². The monoisotopic (exact) mass is 428 g/mol. The first-order chi connectivity index (χ1) is 14.5. The molecule has 0 aliphatic carbocycles. The predicted molar refractivity (Wildman–Crippen MR) is 109 cm³/mol. The van der Waals surface area contributed by atoms with Crippen LogP contribution in [-0.4, -0.2) is 23.1 Å². The van der Waals surface area contributed by atoms with Gasteiger partial charge in [-0.1, -0.05) is 30.0 Å². The van der Waals surface area contributed by atoms with Crippen LogP contribution >= 0.6 is 11.8 Å². The third-order valence-electron chi connectivity index (χ3n) is 4.51. The van der Waals surface area contributed by atoms with Gasteiger partial charge in [-0.2, -0.15) is 5.10 Å². The van der Waals surface area contributed by atoms with E-state index in [0.717, 1.165) is 17.1 Å². The number of hydrogen-bond donors (Lipinski definition) is 0. The Morgan fingerprint density at radius 1 is 1.00 bits per heavy atom. The van der Waals surface area contributed by atoms with E-state index in [-0.39, 0.29) is 5.56 Å². The van der Waals surface area contributed by atoms with Gasteiger partial charge in [-0.15, -0.1) is 0 Å². The van der Waals surface area contributed by atoms with Crippen LogP contribution in [0.5, 0.6) is 5.75 Å². The number of methoxy groups -OCH3 is 1. The van der Waals surface area contributed by atoms with E-state index in [1.165, 1.54) is 31.0 Å². The van der Waals surface area contributed by atoms with E-state index in [1.54, 1.807) is 36.4 Å². The molecule has 8 heteroatoms. The zero-order valence-electron chi connectivity index (χ0n) is 15.7. The summed E-state index contributed by atoms with van der Waals surface area (Å²) in [6, 6.07) is 15.5. The first-order valence-corrected chi connectivity index (χ1v) is 9.78. The van der Waals surface area contributed by atoms with Crippen molar-refractivity contribution in [2.45, 2.75) is 5.37 Å². The fourth-order valence-electron chi connectivity index (χ4n) is 3.05. The number of hydrazone groups is 1. The number of benzene rings is 3. The van der Waals surface area contributed by atoms with Gasteiger partial charge in [0.1, 0.15) is 33.6 Å². The predicted octanol–water partition coefficient (Wildman–Crippen LogP) is 5.36. The number of thioether (sulfide) groups is 1. The molecule has 1 heterocycles. The Morgan fingerprint density at radius 2 is 1.70 bits per heavy atom. The van der Waals surface area contributed by atoms with Gasteiger partial charge in [0.05, 0.1) is 12.7 Å². The standard InChI is InChI=1S/C22H15F3N2O2S/c1-29-19-5-3-2-4-17(19)22-27(21(28)16-11-10-15(24)12-18(16)25)26-20(30-22)13-6-8-14(23)9-7-13/h2-12,22H,1H3. The van der Waals surface area contributed by atoms with Crippen LogP contribution in [0.4, 0.5) is 13.2 Å². The van der Waals surface area contributed by atoms with Crippen molar-refractivity contribution in [3.8, 4) is 5.75 Å². The molecular weight excluding hydrogens is 413 g/mol. The van der Waals surface area contributed by atoms with Gasteiger partial charge in [0.2, 0.25) is 0 Å². The van der Waals surface area contributed by atoms with E-state index in [0.29, 0.717) is 28.0 Å². The second-order valence-corrected chi connectivity index (χ2v) is 7.47. The van der Waals surface area contributed by atoms with Gasteiger partial charge in [0.25, 0.3) is 5.91 Å². The molecule has 1 atom stereocenters. The highest BCUT2D eigenvalue weighted by Crippen LogP contribution is 2.45. The topological polar surface area (TPSA) is 41.9 Å². The minimum absolute atomic E-state index is 0.305. The summed E-state index contributed by atoms with van der Waals surface area (Å²) in [6.07, 6.45) is 0. The van der Waals surface area contributed by atoms with Crippen LogP contribution in [0.1, 0.15) is 26.9 Å². The maximum absolute atomic E-state index is 14.3. The molecule has 0 bridgehead atoms. The van der Waals surface area contributed by atoms with Crippen molar-refractivity contribution in [1.29, 1.82) is 0 Å². The number of halogens is 3. The van der Waals surface area contributed by atoms with Crippen LogP contribution in [0, 0.1) is 17.5 Å². The van der Waals surface area contributed by atoms with Crippen molar-refractivity contribution >= 4 is 22.7 Å². The quantitative estimate of drug-likeness (QED) is 0.562. The minimum atomic E-state index is -0.978. The Balaban J connectivity index is 1.78. The first-order valence-electron chi connectivity index (χ1n) is 8.90. The van der Waals surface area contributed by atoms with Crippen molar-refractivity contribution < 1.29 is 22.7 Å². The zero-order chi connectivity index (χ0) is 21.3. The molecule has 0 saturated heterocycles. The summed E-state index contributed by atoms with van der Waals surface area (Å²) in [7, 11) is 1.51. The zero-order valence-corrected chi connectivity index (χ0v) is 16.5. The largest absolute Gasteiger partial charge is 0.496 e. The number of amides is 1. The summed E-state index contributed by atoms with van der Waals surface area (Å²) in [5.74, 6) is -2.35. The van der Waals surface area contributed by atoms with Gasteiger partial charge in [-0.25, -0.2) is 18.2 Å². The van der Waals surface area contributed by atoms with Crippen molar-refractivity contribution in [2.75, 3.05) is 7.11 Å². The Bertz CT molecular complexity index is 1140. The molecule has 0 fully saturated rings. The molecule has 1 aliphatic rings. The molecule has 0 spiro atoms. The lowest BCUT2D eigenvalue weighted by atomic mass is 10.1. The third-order valence-corrected chi connectivity index (χ3v) is 5.73. The second kappa shape index (κ2) is 8.23. The Kier molecular flexibility index (Phi) is 5.50. The highest BCUT2D eigenvalue weighted by Gasteiger charge is 2.37. The fourth-order valence-corrected chi connectivity index (χ4v) is 4.23. The molecular formula is C22H15F3N2O2S. The molecule has 0 aromatic heterocycles. The van der Waals surface area contributed by atoms with Crippen LogP contribution in [-0.2, 0) is 0 Å². The van der Waals surface area contributed by atoms with Gasteiger partial charge >= 0.3 is 0 Å². The van der Waals surface area contributed by atoms with E-state index >= 15 is 0 Å².